The lowest BCUT2D eigenvalue weighted by Gasteiger charge is -2.02. The highest BCUT2D eigenvalue weighted by atomic mass is 16.4. The van der Waals surface area contributed by atoms with E-state index in [1.807, 2.05) is 0 Å². The largest absolute Gasteiger partial charge is 0.493 e. The second-order valence-electron chi connectivity index (χ2n) is 3.41. The monoisotopic (exact) mass is 218 g/mol. The topological polar surface area (TPSA) is 75.4 Å². The molecular weight excluding hydrogens is 208 g/mol. The number of carboxylic acid groups (broad SMARTS) is 1. The number of nitrogens with zero attached hydrogens (tertiary/aromatic N) is 2. The summed E-state index contributed by atoms with van der Waals surface area (Å²) in [5, 5.41) is 22.4. The minimum Gasteiger partial charge on any atom is -0.493 e. The lowest BCUT2D eigenvalue weighted by molar-refractivity contribution is 0.0697. The van der Waals surface area contributed by atoms with Crippen LogP contribution in [0.1, 0.15) is 16.1 Å². The van der Waals surface area contributed by atoms with E-state index in [-0.39, 0.29) is 11.4 Å². The van der Waals surface area contributed by atoms with Crippen LogP contribution in [-0.2, 0) is 0 Å². The summed E-state index contributed by atoms with van der Waals surface area (Å²) < 4.78 is 1.35. The molecule has 0 fully saturated rings. The normalized spacial score (nSPS) is 10.3. The standard InChI is InChI=1S/C11H10N2O3/c1-7-6-10(14)13(12-7)9-4-2-8(3-5-9)11(15)16/h2-6,14H,1H3,(H,15,16). The Hall–Kier alpha value is -2.30. The number of hydrogen-bond acceptors (Lipinski definition) is 3. The average molecular weight is 218 g/mol. The van der Waals surface area contributed by atoms with Gasteiger partial charge in [0.15, 0.2) is 0 Å². The molecule has 1 heterocycles. The lowest BCUT2D eigenvalue weighted by atomic mass is 10.2. The maximum absolute atomic E-state index is 10.6. The average Bonchev–Trinajstić information content (AvgIpc) is 2.58. The summed E-state index contributed by atoms with van der Waals surface area (Å²) in [6.45, 7) is 1.77. The number of carbonyl (C=O) groups is 1. The van der Waals surface area contributed by atoms with Crippen molar-refractivity contribution in [3.63, 3.8) is 0 Å². The Morgan fingerprint density at radius 1 is 1.31 bits per heavy atom. The van der Waals surface area contributed by atoms with E-state index < -0.39 is 5.97 Å². The molecule has 0 aliphatic carbocycles. The van der Waals surface area contributed by atoms with Crippen molar-refractivity contribution in [2.24, 2.45) is 0 Å². The van der Waals surface area contributed by atoms with E-state index in [0.717, 1.165) is 0 Å². The van der Waals surface area contributed by atoms with Crippen molar-refractivity contribution in [2.45, 2.75) is 6.92 Å². The molecule has 0 bridgehead atoms. The van der Waals surface area contributed by atoms with Crippen molar-refractivity contribution in [1.29, 1.82) is 0 Å². The van der Waals surface area contributed by atoms with Crippen LogP contribution in [-0.4, -0.2) is 26.0 Å². The molecule has 5 nitrogen and oxygen atoms in total. The van der Waals surface area contributed by atoms with Gasteiger partial charge < -0.3 is 10.2 Å². The first kappa shape index (κ1) is 10.2. The number of carboxylic acids is 1. The van der Waals surface area contributed by atoms with Gasteiger partial charge in [-0.1, -0.05) is 0 Å². The molecule has 2 N–H and O–H groups in total. The smallest absolute Gasteiger partial charge is 0.335 e. The highest BCUT2D eigenvalue weighted by Crippen LogP contribution is 2.17. The van der Waals surface area contributed by atoms with Gasteiger partial charge in [0.05, 0.1) is 16.9 Å². The zero-order chi connectivity index (χ0) is 11.7. The highest BCUT2D eigenvalue weighted by Gasteiger charge is 2.07. The predicted octanol–water partition coefficient (Wildman–Crippen LogP) is 1.58. The van der Waals surface area contributed by atoms with Crippen LogP contribution in [0.15, 0.2) is 30.3 Å². The molecule has 82 valence electrons. The van der Waals surface area contributed by atoms with Crippen molar-refractivity contribution in [2.75, 3.05) is 0 Å². The summed E-state index contributed by atoms with van der Waals surface area (Å²) in [4.78, 5) is 10.6. The molecule has 0 amide bonds. The molecule has 5 heteroatoms. The molecular formula is C11H10N2O3. The van der Waals surface area contributed by atoms with Crippen molar-refractivity contribution in [3.05, 3.63) is 41.6 Å². The van der Waals surface area contributed by atoms with E-state index in [1.54, 1.807) is 19.1 Å². The number of hydrogen-bond donors (Lipinski definition) is 2. The Labute approximate surface area is 91.6 Å². The van der Waals surface area contributed by atoms with Gasteiger partial charge in [-0.2, -0.15) is 5.10 Å². The number of aryl methyl sites for hydroxylation is 1. The van der Waals surface area contributed by atoms with E-state index in [0.29, 0.717) is 11.4 Å². The zero-order valence-electron chi connectivity index (χ0n) is 8.58. The van der Waals surface area contributed by atoms with E-state index >= 15 is 0 Å². The quantitative estimate of drug-likeness (QED) is 0.802. The van der Waals surface area contributed by atoms with Crippen LogP contribution in [0, 0.1) is 6.92 Å². The molecule has 0 aliphatic rings. The second kappa shape index (κ2) is 3.69. The molecule has 0 aliphatic heterocycles. The Kier molecular flexibility index (Phi) is 2.36. The van der Waals surface area contributed by atoms with Crippen molar-refractivity contribution in [1.82, 2.24) is 9.78 Å². The fourth-order valence-electron chi connectivity index (χ4n) is 1.42. The van der Waals surface area contributed by atoms with E-state index in [4.69, 9.17) is 5.11 Å². The van der Waals surface area contributed by atoms with Crippen molar-refractivity contribution >= 4 is 5.97 Å². The van der Waals surface area contributed by atoms with Gasteiger partial charge in [0.25, 0.3) is 0 Å². The second-order valence-corrected chi connectivity index (χ2v) is 3.41. The number of aromatic hydroxyl groups is 1. The van der Waals surface area contributed by atoms with E-state index in [2.05, 4.69) is 5.10 Å². The van der Waals surface area contributed by atoms with E-state index in [1.165, 1.54) is 22.9 Å². The molecule has 2 aromatic rings. The summed E-state index contributed by atoms with van der Waals surface area (Å²) in [6, 6.07) is 7.65. The number of benzene rings is 1. The van der Waals surface area contributed by atoms with Crippen LogP contribution in [0.3, 0.4) is 0 Å². The number of aromatic nitrogens is 2. The zero-order valence-corrected chi connectivity index (χ0v) is 8.58. The Morgan fingerprint density at radius 2 is 1.94 bits per heavy atom. The molecule has 1 aromatic carbocycles. The fraction of sp³-hybridized carbons (Fsp3) is 0.0909. The highest BCUT2D eigenvalue weighted by molar-refractivity contribution is 5.87. The molecule has 0 atom stereocenters. The number of aromatic carboxylic acids is 1. The lowest BCUT2D eigenvalue weighted by Crippen LogP contribution is -1.99. The third-order valence-electron chi connectivity index (χ3n) is 2.17. The van der Waals surface area contributed by atoms with Gasteiger partial charge in [0.2, 0.25) is 5.88 Å². The molecule has 1 aromatic heterocycles. The van der Waals surface area contributed by atoms with Crippen LogP contribution < -0.4 is 0 Å². The molecule has 0 saturated carbocycles. The summed E-state index contributed by atoms with van der Waals surface area (Å²) in [5.74, 6) is -0.951. The first-order valence-corrected chi connectivity index (χ1v) is 4.67. The fourth-order valence-corrected chi connectivity index (χ4v) is 1.42. The van der Waals surface area contributed by atoms with Gasteiger partial charge >= 0.3 is 5.97 Å². The SMILES string of the molecule is Cc1cc(O)n(-c2ccc(C(=O)O)cc2)n1. The Balaban J connectivity index is 2.42. The molecule has 2 rings (SSSR count). The van der Waals surface area contributed by atoms with Gasteiger partial charge in [-0.3, -0.25) is 0 Å². The third kappa shape index (κ3) is 1.75. The predicted molar refractivity (Wildman–Crippen MR) is 56.9 cm³/mol. The van der Waals surface area contributed by atoms with Crippen LogP contribution >= 0.6 is 0 Å². The Morgan fingerprint density at radius 3 is 2.38 bits per heavy atom. The van der Waals surface area contributed by atoms with Gasteiger partial charge in [-0.25, -0.2) is 9.48 Å². The van der Waals surface area contributed by atoms with Crippen LogP contribution in [0.2, 0.25) is 0 Å². The summed E-state index contributed by atoms with van der Waals surface area (Å²) in [7, 11) is 0. The van der Waals surface area contributed by atoms with Crippen LogP contribution in [0.25, 0.3) is 5.69 Å². The van der Waals surface area contributed by atoms with Gasteiger partial charge in [-0.05, 0) is 31.2 Å². The van der Waals surface area contributed by atoms with Crippen LogP contribution in [0.4, 0.5) is 0 Å². The molecule has 0 radical (unpaired) electrons. The maximum atomic E-state index is 10.6. The summed E-state index contributed by atoms with van der Waals surface area (Å²) in [6.07, 6.45) is 0. The molecule has 0 saturated heterocycles. The maximum Gasteiger partial charge on any atom is 0.335 e. The minimum atomic E-state index is -0.979. The summed E-state index contributed by atoms with van der Waals surface area (Å²) in [5.41, 5.74) is 1.52. The minimum absolute atomic E-state index is 0.0283. The van der Waals surface area contributed by atoms with Crippen molar-refractivity contribution in [3.8, 4) is 11.6 Å². The molecule has 0 spiro atoms. The van der Waals surface area contributed by atoms with Crippen molar-refractivity contribution < 1.29 is 15.0 Å². The first-order valence-electron chi connectivity index (χ1n) is 4.67. The third-order valence-corrected chi connectivity index (χ3v) is 2.17. The summed E-state index contributed by atoms with van der Waals surface area (Å²) >= 11 is 0. The van der Waals surface area contributed by atoms with E-state index in [9.17, 15) is 9.90 Å². The Bertz CT molecular complexity index is 529. The van der Waals surface area contributed by atoms with Gasteiger partial charge in [0.1, 0.15) is 0 Å². The number of rotatable bonds is 2. The van der Waals surface area contributed by atoms with Crippen LogP contribution in [0.5, 0.6) is 5.88 Å². The van der Waals surface area contributed by atoms with Gasteiger partial charge in [0, 0.05) is 6.07 Å². The molecule has 0 unspecified atom stereocenters. The first-order chi connectivity index (χ1) is 7.58. The van der Waals surface area contributed by atoms with Gasteiger partial charge in [-0.15, -0.1) is 0 Å². The molecule has 16 heavy (non-hydrogen) atoms.